The predicted octanol–water partition coefficient (Wildman–Crippen LogP) is 3.78. The summed E-state index contributed by atoms with van der Waals surface area (Å²) in [7, 11) is 1.74. The van der Waals surface area contributed by atoms with Crippen LogP contribution in [0.15, 0.2) is 24.4 Å². The number of guanidine groups is 1. The molecule has 3 aliphatic rings. The standard InChI is InChI=1S/C24H37N5O/c1-28-22(30)24(27-23(28)25,13-12-19-8-3-2-4-9-19)16-20-10-7-15-29(17-20)18-21-11-5-6-14-26-21/h5-6,11,14,19-20H,2-4,7-10,12-13,15-18H2,1H3,(H2,25,27)/t20-,24+/m1/s1. The molecule has 6 nitrogen and oxygen atoms in total. The Morgan fingerprint density at radius 1 is 1.17 bits per heavy atom. The average molecular weight is 412 g/mol. The fourth-order valence-electron chi connectivity index (χ4n) is 5.80. The first-order chi connectivity index (χ1) is 14.6. The van der Waals surface area contributed by atoms with E-state index >= 15 is 0 Å². The van der Waals surface area contributed by atoms with Crippen LogP contribution in [0.4, 0.5) is 0 Å². The molecule has 30 heavy (non-hydrogen) atoms. The Morgan fingerprint density at radius 2 is 1.97 bits per heavy atom. The number of likely N-dealkylation sites (N-methyl/N-ethyl adjacent to an activating group) is 1. The molecule has 2 atom stereocenters. The highest BCUT2D eigenvalue weighted by molar-refractivity contribution is 6.07. The number of pyridine rings is 1. The van der Waals surface area contributed by atoms with Crippen LogP contribution in [0.1, 0.15) is 69.9 Å². The van der Waals surface area contributed by atoms with E-state index in [2.05, 4.69) is 21.3 Å². The van der Waals surface area contributed by atoms with E-state index in [4.69, 9.17) is 5.41 Å². The molecule has 1 saturated carbocycles. The van der Waals surface area contributed by atoms with E-state index in [1.54, 1.807) is 7.05 Å². The summed E-state index contributed by atoms with van der Waals surface area (Å²) in [5, 5.41) is 11.6. The van der Waals surface area contributed by atoms with Crippen LogP contribution in [0.25, 0.3) is 0 Å². The summed E-state index contributed by atoms with van der Waals surface area (Å²) in [6, 6.07) is 6.10. The second-order valence-corrected chi connectivity index (χ2v) is 9.73. The third-order valence-electron chi connectivity index (χ3n) is 7.46. The zero-order chi connectivity index (χ0) is 21.0. The van der Waals surface area contributed by atoms with Crippen LogP contribution < -0.4 is 5.32 Å². The van der Waals surface area contributed by atoms with Crippen LogP contribution in [0.3, 0.4) is 0 Å². The van der Waals surface area contributed by atoms with E-state index < -0.39 is 5.54 Å². The molecule has 1 aliphatic carbocycles. The van der Waals surface area contributed by atoms with Crippen molar-refractivity contribution in [3.05, 3.63) is 30.1 Å². The number of nitrogens with zero attached hydrogens (tertiary/aromatic N) is 3. The van der Waals surface area contributed by atoms with Gasteiger partial charge in [-0.2, -0.15) is 0 Å². The maximum atomic E-state index is 13.3. The number of amides is 1. The minimum atomic E-state index is -0.581. The number of piperidine rings is 1. The Hall–Kier alpha value is -1.95. The van der Waals surface area contributed by atoms with Gasteiger partial charge in [0.1, 0.15) is 5.54 Å². The van der Waals surface area contributed by atoms with Crippen LogP contribution in [0.5, 0.6) is 0 Å². The van der Waals surface area contributed by atoms with Gasteiger partial charge in [0.25, 0.3) is 5.91 Å². The molecule has 1 amide bonds. The number of rotatable bonds is 7. The van der Waals surface area contributed by atoms with Gasteiger partial charge in [-0.05, 0) is 62.6 Å². The molecule has 6 heteroatoms. The molecule has 0 bridgehead atoms. The Morgan fingerprint density at radius 3 is 2.67 bits per heavy atom. The van der Waals surface area contributed by atoms with Gasteiger partial charge in [-0.25, -0.2) is 0 Å². The Labute approximate surface area is 180 Å². The molecule has 0 spiro atoms. The topological polar surface area (TPSA) is 72.3 Å². The van der Waals surface area contributed by atoms with Gasteiger partial charge >= 0.3 is 0 Å². The SMILES string of the molecule is CN1C(=N)N[C@@](CCC2CCCCC2)(C[C@H]2CCCN(Cc3ccccn3)C2)C1=O. The average Bonchev–Trinajstić information content (AvgIpc) is 2.98. The first-order valence-corrected chi connectivity index (χ1v) is 11.8. The Balaban J connectivity index is 1.41. The lowest BCUT2D eigenvalue weighted by Crippen LogP contribution is -2.50. The fraction of sp³-hybridized carbons (Fsp3) is 0.708. The summed E-state index contributed by atoms with van der Waals surface area (Å²) in [4.78, 5) is 21.7. The van der Waals surface area contributed by atoms with Crippen LogP contribution in [0, 0.1) is 17.2 Å². The van der Waals surface area contributed by atoms with Gasteiger partial charge in [-0.1, -0.05) is 38.2 Å². The number of nitrogens with one attached hydrogen (secondary N) is 2. The normalized spacial score (nSPS) is 28.7. The summed E-state index contributed by atoms with van der Waals surface area (Å²) in [6.45, 7) is 2.98. The molecule has 0 radical (unpaired) electrons. The summed E-state index contributed by atoms with van der Waals surface area (Å²) in [6.07, 6.45) is 13.6. The Bertz CT molecular complexity index is 732. The van der Waals surface area contributed by atoms with Crippen LogP contribution in [-0.4, -0.2) is 52.3 Å². The molecular weight excluding hydrogens is 374 g/mol. The van der Waals surface area contributed by atoms with Crippen LogP contribution in [-0.2, 0) is 11.3 Å². The van der Waals surface area contributed by atoms with Gasteiger partial charge in [0.15, 0.2) is 5.96 Å². The second-order valence-electron chi connectivity index (χ2n) is 9.73. The summed E-state index contributed by atoms with van der Waals surface area (Å²) in [5.74, 6) is 1.59. The molecule has 4 rings (SSSR count). The number of carbonyl (C=O) groups is 1. The summed E-state index contributed by atoms with van der Waals surface area (Å²) in [5.41, 5.74) is 0.531. The van der Waals surface area contributed by atoms with Crippen molar-refractivity contribution in [3.8, 4) is 0 Å². The number of hydrogen-bond donors (Lipinski definition) is 2. The van der Waals surface area contributed by atoms with Gasteiger partial charge in [0.2, 0.25) is 0 Å². The highest BCUT2D eigenvalue weighted by atomic mass is 16.2. The number of aromatic nitrogens is 1. The van der Waals surface area contributed by atoms with Crippen molar-refractivity contribution in [1.29, 1.82) is 5.41 Å². The lowest BCUT2D eigenvalue weighted by atomic mass is 9.77. The summed E-state index contributed by atoms with van der Waals surface area (Å²) < 4.78 is 0. The molecule has 2 saturated heterocycles. The first-order valence-electron chi connectivity index (χ1n) is 11.8. The maximum Gasteiger partial charge on any atom is 0.254 e. The van der Waals surface area contributed by atoms with E-state index in [-0.39, 0.29) is 11.9 Å². The van der Waals surface area contributed by atoms with E-state index in [9.17, 15) is 4.79 Å². The Kier molecular flexibility index (Phi) is 6.71. The maximum absolute atomic E-state index is 13.3. The predicted molar refractivity (Wildman–Crippen MR) is 119 cm³/mol. The smallest absolute Gasteiger partial charge is 0.254 e. The van der Waals surface area contributed by atoms with E-state index in [0.29, 0.717) is 5.92 Å². The third kappa shape index (κ3) is 4.85. The molecule has 1 aromatic heterocycles. The van der Waals surface area contributed by atoms with Gasteiger partial charge in [0, 0.05) is 26.3 Å². The van der Waals surface area contributed by atoms with E-state index in [0.717, 1.165) is 63.4 Å². The highest BCUT2D eigenvalue weighted by Crippen LogP contribution is 2.36. The van der Waals surface area contributed by atoms with Crippen LogP contribution >= 0.6 is 0 Å². The zero-order valence-corrected chi connectivity index (χ0v) is 18.4. The quantitative estimate of drug-likeness (QED) is 0.716. The largest absolute Gasteiger partial charge is 0.342 e. The molecular formula is C24H37N5O. The van der Waals surface area contributed by atoms with E-state index in [1.165, 1.54) is 37.0 Å². The van der Waals surface area contributed by atoms with Gasteiger partial charge in [-0.3, -0.25) is 25.0 Å². The lowest BCUT2D eigenvalue weighted by molar-refractivity contribution is -0.131. The van der Waals surface area contributed by atoms with Gasteiger partial charge < -0.3 is 5.32 Å². The van der Waals surface area contributed by atoms with Crippen molar-refractivity contribution in [1.82, 2.24) is 20.1 Å². The molecule has 164 valence electrons. The third-order valence-corrected chi connectivity index (χ3v) is 7.46. The fourth-order valence-corrected chi connectivity index (χ4v) is 5.80. The van der Waals surface area contributed by atoms with Crippen molar-refractivity contribution in [2.75, 3.05) is 20.1 Å². The van der Waals surface area contributed by atoms with Crippen molar-refractivity contribution in [2.45, 2.75) is 76.3 Å². The van der Waals surface area contributed by atoms with Crippen molar-refractivity contribution >= 4 is 11.9 Å². The van der Waals surface area contributed by atoms with Gasteiger partial charge in [0.05, 0.1) is 5.69 Å². The molecule has 1 aromatic rings. The molecule has 3 fully saturated rings. The number of carbonyl (C=O) groups excluding carboxylic acids is 1. The minimum absolute atomic E-state index is 0.102. The molecule has 2 N–H and O–H groups in total. The highest BCUT2D eigenvalue weighted by Gasteiger charge is 2.49. The zero-order valence-electron chi connectivity index (χ0n) is 18.4. The summed E-state index contributed by atoms with van der Waals surface area (Å²) >= 11 is 0. The molecule has 0 unspecified atom stereocenters. The number of likely N-dealkylation sites (tertiary alicyclic amines) is 1. The van der Waals surface area contributed by atoms with Gasteiger partial charge in [-0.15, -0.1) is 0 Å². The monoisotopic (exact) mass is 411 g/mol. The lowest BCUT2D eigenvalue weighted by Gasteiger charge is -2.38. The number of hydrogen-bond acceptors (Lipinski definition) is 4. The van der Waals surface area contributed by atoms with Crippen molar-refractivity contribution in [2.24, 2.45) is 11.8 Å². The minimum Gasteiger partial charge on any atom is -0.342 e. The van der Waals surface area contributed by atoms with E-state index in [1.807, 2.05) is 18.3 Å². The molecule has 0 aromatic carbocycles. The van der Waals surface area contributed by atoms with Crippen molar-refractivity contribution in [3.63, 3.8) is 0 Å². The molecule has 3 heterocycles. The second kappa shape index (κ2) is 9.46. The van der Waals surface area contributed by atoms with Crippen molar-refractivity contribution < 1.29 is 4.79 Å². The molecule has 2 aliphatic heterocycles. The first kappa shape index (κ1) is 21.3. The van der Waals surface area contributed by atoms with Crippen LogP contribution in [0.2, 0.25) is 0 Å².